The molecule has 1 aromatic rings. The van der Waals surface area contributed by atoms with Crippen molar-refractivity contribution in [2.75, 3.05) is 33.2 Å². The van der Waals surface area contributed by atoms with Crippen LogP contribution in [-0.4, -0.2) is 55.0 Å². The first kappa shape index (κ1) is 15.2. The Morgan fingerprint density at radius 3 is 2.36 bits per heavy atom. The molecule has 0 unspecified atom stereocenters. The molecule has 22 heavy (non-hydrogen) atoms. The lowest BCUT2D eigenvalue weighted by molar-refractivity contribution is -0.176. The maximum Gasteiger partial charge on any atom is 0.317 e. The highest BCUT2D eigenvalue weighted by molar-refractivity contribution is 5.74. The van der Waals surface area contributed by atoms with E-state index in [1.165, 1.54) is 0 Å². The summed E-state index contributed by atoms with van der Waals surface area (Å²) in [4.78, 5) is 15.7. The minimum Gasteiger partial charge on any atom is -0.334 e. The number of piperidine rings is 2. The molecule has 6 heteroatoms. The zero-order chi connectivity index (χ0) is 15.7. The number of rotatable bonds is 2. The maximum atomic E-state index is 14.2. The van der Waals surface area contributed by atoms with E-state index in [-0.39, 0.29) is 19.1 Å². The number of hydrogen-bond donors (Lipinski definition) is 1. The van der Waals surface area contributed by atoms with Crippen molar-refractivity contribution in [2.45, 2.75) is 12.5 Å². The average molecular weight is 309 g/mol. The third-order valence-electron chi connectivity index (χ3n) is 4.61. The molecule has 2 saturated heterocycles. The van der Waals surface area contributed by atoms with Crippen LogP contribution in [0.2, 0.25) is 0 Å². The Labute approximate surface area is 129 Å². The van der Waals surface area contributed by atoms with Crippen molar-refractivity contribution in [1.82, 2.24) is 15.1 Å². The Kier molecular flexibility index (Phi) is 4.04. The first-order valence-electron chi connectivity index (χ1n) is 7.60. The van der Waals surface area contributed by atoms with Gasteiger partial charge in [-0.15, -0.1) is 0 Å². The lowest BCUT2D eigenvalue weighted by Crippen LogP contribution is -2.64. The number of carbonyl (C=O) groups excluding carboxylic acids is 1. The number of nitrogens with one attached hydrogen (secondary N) is 1. The number of nitrogens with zero attached hydrogens (tertiary/aromatic N) is 2. The predicted molar refractivity (Wildman–Crippen MR) is 79.7 cm³/mol. The second-order valence-corrected chi connectivity index (χ2v) is 6.34. The monoisotopic (exact) mass is 309 g/mol. The number of amides is 2. The fraction of sp³-hybridized carbons (Fsp3) is 0.562. The normalized spacial score (nSPS) is 27.5. The summed E-state index contributed by atoms with van der Waals surface area (Å²) in [6.07, 6.45) is 0. The number of likely N-dealkylation sites (tertiary alicyclic amines) is 2. The van der Waals surface area contributed by atoms with Crippen molar-refractivity contribution < 1.29 is 13.6 Å². The largest absolute Gasteiger partial charge is 0.334 e. The van der Waals surface area contributed by atoms with Gasteiger partial charge in [-0.25, -0.2) is 13.6 Å². The number of fused-ring (bicyclic) bond motifs is 2. The van der Waals surface area contributed by atoms with E-state index in [4.69, 9.17) is 0 Å². The van der Waals surface area contributed by atoms with Gasteiger partial charge < -0.3 is 15.1 Å². The van der Waals surface area contributed by atoms with Crippen LogP contribution in [0.25, 0.3) is 0 Å². The van der Waals surface area contributed by atoms with Gasteiger partial charge in [0.25, 0.3) is 5.92 Å². The van der Waals surface area contributed by atoms with Crippen LogP contribution in [0.4, 0.5) is 13.6 Å². The fourth-order valence-electron chi connectivity index (χ4n) is 3.42. The second-order valence-electron chi connectivity index (χ2n) is 6.34. The molecule has 2 aliphatic rings. The summed E-state index contributed by atoms with van der Waals surface area (Å²) in [5, 5.41) is 2.83. The smallest absolute Gasteiger partial charge is 0.317 e. The number of halogens is 2. The molecule has 2 atom stereocenters. The van der Waals surface area contributed by atoms with E-state index in [1.54, 1.807) is 4.90 Å². The van der Waals surface area contributed by atoms with Crippen molar-refractivity contribution in [3.8, 4) is 0 Å². The predicted octanol–water partition coefficient (Wildman–Crippen LogP) is 2.02. The molecule has 0 saturated carbocycles. The zero-order valence-corrected chi connectivity index (χ0v) is 12.6. The van der Waals surface area contributed by atoms with Crippen molar-refractivity contribution in [2.24, 2.45) is 11.8 Å². The summed E-state index contributed by atoms with van der Waals surface area (Å²) in [7, 11) is 1.86. The Bertz CT molecular complexity index is 519. The van der Waals surface area contributed by atoms with Gasteiger partial charge in [0.2, 0.25) is 0 Å². The minimum absolute atomic E-state index is 0.120. The third-order valence-corrected chi connectivity index (χ3v) is 4.61. The summed E-state index contributed by atoms with van der Waals surface area (Å²) in [6.45, 7) is 1.34. The van der Waals surface area contributed by atoms with Crippen LogP contribution < -0.4 is 5.32 Å². The molecule has 120 valence electrons. The van der Waals surface area contributed by atoms with Crippen LogP contribution in [0.15, 0.2) is 30.3 Å². The first-order chi connectivity index (χ1) is 10.5. The van der Waals surface area contributed by atoms with Gasteiger partial charge in [0.05, 0.1) is 11.8 Å². The number of hydrogen-bond acceptors (Lipinski definition) is 2. The quantitative estimate of drug-likeness (QED) is 0.907. The molecular formula is C16H21F2N3O. The SMILES string of the molecule is CN1C[C@@H]2CN(C(=O)NCc3ccccc3)C[C@H](C1)C2(F)F. The molecule has 0 aliphatic carbocycles. The zero-order valence-electron chi connectivity index (χ0n) is 12.6. The highest BCUT2D eigenvalue weighted by Crippen LogP contribution is 2.41. The van der Waals surface area contributed by atoms with Crippen LogP contribution in [0.5, 0.6) is 0 Å². The van der Waals surface area contributed by atoms with Crippen molar-refractivity contribution in [3.63, 3.8) is 0 Å². The molecule has 0 radical (unpaired) electrons. The van der Waals surface area contributed by atoms with Gasteiger partial charge in [-0.1, -0.05) is 30.3 Å². The van der Waals surface area contributed by atoms with Gasteiger partial charge in [0.15, 0.2) is 0 Å². The third kappa shape index (κ3) is 2.92. The second kappa shape index (κ2) is 5.83. The fourth-order valence-corrected chi connectivity index (χ4v) is 3.42. The van der Waals surface area contributed by atoms with Gasteiger partial charge in [-0.3, -0.25) is 0 Å². The minimum atomic E-state index is -2.66. The first-order valence-corrected chi connectivity index (χ1v) is 7.60. The van der Waals surface area contributed by atoms with Gasteiger partial charge >= 0.3 is 6.03 Å². The molecule has 0 aromatic heterocycles. The summed E-state index contributed by atoms with van der Waals surface area (Å²) in [5.41, 5.74) is 0.998. The highest BCUT2D eigenvalue weighted by Gasteiger charge is 2.55. The van der Waals surface area contributed by atoms with E-state index < -0.39 is 17.8 Å². The Morgan fingerprint density at radius 2 is 1.77 bits per heavy atom. The molecule has 1 N–H and O–H groups in total. The van der Waals surface area contributed by atoms with E-state index in [0.717, 1.165) is 5.56 Å². The summed E-state index contributed by atoms with van der Waals surface area (Å²) >= 11 is 0. The molecule has 2 bridgehead atoms. The van der Waals surface area contributed by atoms with E-state index in [1.807, 2.05) is 42.3 Å². The molecule has 4 nitrogen and oxygen atoms in total. The topological polar surface area (TPSA) is 35.6 Å². The Balaban J connectivity index is 1.61. The van der Waals surface area contributed by atoms with Crippen LogP contribution in [0.3, 0.4) is 0 Å². The number of benzene rings is 1. The molecule has 2 aliphatic heterocycles. The highest BCUT2D eigenvalue weighted by atomic mass is 19.3. The standard InChI is InChI=1S/C16H21F2N3O/c1-20-8-13-10-21(11-14(9-20)16(13,17)18)15(22)19-7-12-5-3-2-4-6-12/h2-6,13-14H,7-11H2,1H3,(H,19,22)/t13-,14+. The molecular weight excluding hydrogens is 288 g/mol. The molecule has 3 rings (SSSR count). The van der Waals surface area contributed by atoms with Gasteiger partial charge in [-0.2, -0.15) is 0 Å². The maximum absolute atomic E-state index is 14.2. The summed E-state index contributed by atoms with van der Waals surface area (Å²) < 4.78 is 28.4. The van der Waals surface area contributed by atoms with Gasteiger partial charge in [-0.05, 0) is 12.6 Å². The van der Waals surface area contributed by atoms with E-state index >= 15 is 0 Å². The number of carbonyl (C=O) groups is 1. The average Bonchev–Trinajstić information content (AvgIpc) is 2.47. The number of alkyl halides is 2. The van der Waals surface area contributed by atoms with Crippen molar-refractivity contribution in [3.05, 3.63) is 35.9 Å². The van der Waals surface area contributed by atoms with Crippen molar-refractivity contribution >= 4 is 6.03 Å². The van der Waals surface area contributed by atoms with Gasteiger partial charge in [0, 0.05) is 32.7 Å². The Hall–Kier alpha value is -1.69. The van der Waals surface area contributed by atoms with Crippen LogP contribution in [0.1, 0.15) is 5.56 Å². The van der Waals surface area contributed by atoms with Crippen LogP contribution in [0, 0.1) is 11.8 Å². The van der Waals surface area contributed by atoms with E-state index in [0.29, 0.717) is 19.6 Å². The lowest BCUT2D eigenvalue weighted by atomic mass is 9.81. The van der Waals surface area contributed by atoms with Crippen LogP contribution in [-0.2, 0) is 6.54 Å². The van der Waals surface area contributed by atoms with E-state index in [9.17, 15) is 13.6 Å². The molecule has 2 amide bonds. The molecule has 1 aromatic carbocycles. The van der Waals surface area contributed by atoms with E-state index in [2.05, 4.69) is 5.32 Å². The molecule has 0 spiro atoms. The van der Waals surface area contributed by atoms with Gasteiger partial charge in [0.1, 0.15) is 0 Å². The van der Waals surface area contributed by atoms with Crippen molar-refractivity contribution in [1.29, 1.82) is 0 Å². The Morgan fingerprint density at radius 1 is 1.18 bits per heavy atom. The number of urea groups is 1. The molecule has 2 heterocycles. The summed E-state index contributed by atoms with van der Waals surface area (Å²) in [6, 6.07) is 9.32. The lowest BCUT2D eigenvalue weighted by Gasteiger charge is -2.49. The summed E-state index contributed by atoms with van der Waals surface area (Å²) in [5.74, 6) is -4.21. The molecule has 2 fully saturated rings. The van der Waals surface area contributed by atoms with Crippen LogP contribution >= 0.6 is 0 Å².